The smallest absolute Gasteiger partial charge is 0.0724 e. The number of nitrogen functional groups attached to an aromatic ring is 1. The van der Waals surface area contributed by atoms with Crippen LogP contribution in [0.4, 0.5) is 11.4 Å². The molecule has 0 aliphatic rings. The molecule has 0 amide bonds. The summed E-state index contributed by atoms with van der Waals surface area (Å²) in [6.45, 7) is 8.60. The first-order valence-corrected chi connectivity index (χ1v) is 6.51. The second-order valence-electron chi connectivity index (χ2n) is 5.00. The molecular weight excluding hydrogens is 222 g/mol. The molecule has 0 aliphatic carbocycles. The molecule has 2 N–H and O–H groups in total. The van der Waals surface area contributed by atoms with Gasteiger partial charge in [-0.15, -0.1) is 0 Å². The van der Waals surface area contributed by atoms with Crippen molar-refractivity contribution in [2.24, 2.45) is 5.92 Å². The fourth-order valence-electron chi connectivity index (χ4n) is 2.28. The van der Waals surface area contributed by atoms with Crippen molar-refractivity contribution < 1.29 is 0 Å². The van der Waals surface area contributed by atoms with Gasteiger partial charge in [0.05, 0.1) is 16.9 Å². The van der Waals surface area contributed by atoms with E-state index in [9.17, 15) is 0 Å². The highest BCUT2D eigenvalue weighted by Crippen LogP contribution is 2.30. The minimum Gasteiger partial charge on any atom is -0.396 e. The number of pyridine rings is 1. The minimum absolute atomic E-state index is 0.619. The van der Waals surface area contributed by atoms with Crippen LogP contribution in [0.1, 0.15) is 20.8 Å². The number of hydrogen-bond donors (Lipinski definition) is 1. The summed E-state index contributed by atoms with van der Waals surface area (Å²) >= 11 is 0. The maximum absolute atomic E-state index is 6.29. The maximum Gasteiger partial charge on any atom is 0.0724 e. The van der Waals surface area contributed by atoms with E-state index in [1.165, 1.54) is 0 Å². The normalized spacial score (nSPS) is 11.1. The molecule has 2 aromatic rings. The molecule has 0 atom stereocenters. The van der Waals surface area contributed by atoms with Gasteiger partial charge in [0.1, 0.15) is 0 Å². The van der Waals surface area contributed by atoms with Crippen LogP contribution in [0.5, 0.6) is 0 Å². The Morgan fingerprint density at radius 2 is 2.06 bits per heavy atom. The van der Waals surface area contributed by atoms with Gasteiger partial charge in [0.25, 0.3) is 0 Å². The second-order valence-corrected chi connectivity index (χ2v) is 5.00. The molecule has 0 spiro atoms. The predicted molar refractivity (Wildman–Crippen MR) is 78.9 cm³/mol. The maximum atomic E-state index is 6.29. The Labute approximate surface area is 109 Å². The molecule has 3 heteroatoms. The van der Waals surface area contributed by atoms with Gasteiger partial charge in [0.15, 0.2) is 0 Å². The van der Waals surface area contributed by atoms with Crippen LogP contribution in [0, 0.1) is 5.92 Å². The predicted octanol–water partition coefficient (Wildman–Crippen LogP) is 3.30. The van der Waals surface area contributed by atoms with Crippen molar-refractivity contribution in [3.05, 3.63) is 30.5 Å². The average Bonchev–Trinajstić information content (AvgIpc) is 2.37. The number of nitrogens with two attached hydrogens (primary N) is 1. The topological polar surface area (TPSA) is 42.2 Å². The minimum atomic E-state index is 0.619. The molecule has 0 fully saturated rings. The summed E-state index contributed by atoms with van der Waals surface area (Å²) in [7, 11) is 0. The summed E-state index contributed by atoms with van der Waals surface area (Å²) in [5.41, 5.74) is 9.20. The van der Waals surface area contributed by atoms with Gasteiger partial charge in [-0.3, -0.25) is 4.98 Å². The van der Waals surface area contributed by atoms with Gasteiger partial charge < -0.3 is 10.6 Å². The van der Waals surface area contributed by atoms with Crippen LogP contribution < -0.4 is 10.6 Å². The molecule has 18 heavy (non-hydrogen) atoms. The van der Waals surface area contributed by atoms with Crippen molar-refractivity contribution in [1.82, 2.24) is 4.98 Å². The molecule has 0 unspecified atom stereocenters. The van der Waals surface area contributed by atoms with Crippen LogP contribution in [0.2, 0.25) is 0 Å². The van der Waals surface area contributed by atoms with Gasteiger partial charge in [-0.25, -0.2) is 0 Å². The Bertz CT molecular complexity index is 534. The highest BCUT2D eigenvalue weighted by atomic mass is 15.1. The van der Waals surface area contributed by atoms with E-state index < -0.39 is 0 Å². The molecule has 1 aromatic carbocycles. The van der Waals surface area contributed by atoms with Gasteiger partial charge in [-0.05, 0) is 37.1 Å². The quantitative estimate of drug-likeness (QED) is 0.838. The fraction of sp³-hybridized carbons (Fsp3) is 0.400. The van der Waals surface area contributed by atoms with Crippen LogP contribution in [0.15, 0.2) is 30.5 Å². The third kappa shape index (κ3) is 2.40. The van der Waals surface area contributed by atoms with Gasteiger partial charge in [-0.2, -0.15) is 0 Å². The van der Waals surface area contributed by atoms with Crippen LogP contribution in [-0.2, 0) is 0 Å². The van der Waals surface area contributed by atoms with E-state index in [2.05, 4.69) is 36.7 Å². The molecule has 0 radical (unpaired) electrons. The largest absolute Gasteiger partial charge is 0.396 e. The van der Waals surface area contributed by atoms with Gasteiger partial charge >= 0.3 is 0 Å². The highest BCUT2D eigenvalue weighted by molar-refractivity contribution is 5.97. The van der Waals surface area contributed by atoms with E-state index in [1.807, 2.05) is 18.2 Å². The molecule has 0 saturated carbocycles. The highest BCUT2D eigenvalue weighted by Gasteiger charge is 2.12. The third-order valence-electron chi connectivity index (χ3n) is 3.11. The summed E-state index contributed by atoms with van der Waals surface area (Å²) in [4.78, 5) is 6.66. The first kappa shape index (κ1) is 12.7. The number of benzene rings is 1. The van der Waals surface area contributed by atoms with Crippen molar-refractivity contribution in [2.45, 2.75) is 20.8 Å². The van der Waals surface area contributed by atoms with E-state index in [1.54, 1.807) is 6.20 Å². The van der Waals surface area contributed by atoms with Crippen molar-refractivity contribution >= 4 is 22.3 Å². The van der Waals surface area contributed by atoms with E-state index in [4.69, 9.17) is 5.73 Å². The fourth-order valence-corrected chi connectivity index (χ4v) is 2.28. The number of fused-ring (bicyclic) bond motifs is 1. The van der Waals surface area contributed by atoms with Gasteiger partial charge in [-0.1, -0.05) is 13.8 Å². The molecule has 3 nitrogen and oxygen atoms in total. The van der Waals surface area contributed by atoms with E-state index in [-0.39, 0.29) is 0 Å². The summed E-state index contributed by atoms with van der Waals surface area (Å²) in [6.07, 6.45) is 1.80. The Hall–Kier alpha value is -1.77. The Morgan fingerprint density at radius 1 is 1.28 bits per heavy atom. The first-order valence-electron chi connectivity index (χ1n) is 6.51. The number of rotatable bonds is 4. The molecule has 96 valence electrons. The molecule has 1 heterocycles. The van der Waals surface area contributed by atoms with E-state index >= 15 is 0 Å². The van der Waals surface area contributed by atoms with Crippen LogP contribution >= 0.6 is 0 Å². The number of anilines is 2. The Balaban J connectivity index is 2.47. The number of hydrogen-bond acceptors (Lipinski definition) is 3. The number of nitrogens with zero attached hydrogens (tertiary/aromatic N) is 2. The molecule has 0 bridgehead atoms. The second kappa shape index (κ2) is 5.25. The standard InChI is InChI=1S/C15H21N3/c1-4-18(10-11(2)3)14-8-7-13-12(15(14)16)6-5-9-17-13/h5-9,11H,4,10,16H2,1-3H3. The molecule has 0 aliphatic heterocycles. The van der Waals surface area contributed by atoms with Gasteiger partial charge in [0.2, 0.25) is 0 Å². The van der Waals surface area contributed by atoms with Crippen LogP contribution in [-0.4, -0.2) is 18.1 Å². The lowest BCUT2D eigenvalue weighted by Gasteiger charge is -2.27. The molecule has 1 aromatic heterocycles. The lowest BCUT2D eigenvalue weighted by molar-refractivity contribution is 0.619. The molecule has 2 rings (SSSR count). The summed E-state index contributed by atoms with van der Waals surface area (Å²) in [5.74, 6) is 0.619. The van der Waals surface area contributed by atoms with E-state index in [0.29, 0.717) is 5.92 Å². The van der Waals surface area contributed by atoms with Crippen molar-refractivity contribution in [3.8, 4) is 0 Å². The lowest BCUT2D eigenvalue weighted by atomic mass is 10.1. The van der Waals surface area contributed by atoms with Gasteiger partial charge in [0, 0.05) is 24.7 Å². The Morgan fingerprint density at radius 3 is 2.72 bits per heavy atom. The lowest BCUT2D eigenvalue weighted by Crippen LogP contribution is -2.28. The SMILES string of the molecule is CCN(CC(C)C)c1ccc2ncccc2c1N. The first-order chi connectivity index (χ1) is 8.63. The summed E-state index contributed by atoms with van der Waals surface area (Å²) < 4.78 is 0. The Kier molecular flexibility index (Phi) is 3.70. The zero-order valence-corrected chi connectivity index (χ0v) is 11.4. The summed E-state index contributed by atoms with van der Waals surface area (Å²) in [6, 6.07) is 8.09. The number of aromatic nitrogens is 1. The zero-order valence-electron chi connectivity index (χ0n) is 11.4. The van der Waals surface area contributed by atoms with E-state index in [0.717, 1.165) is 35.4 Å². The molecular formula is C15H21N3. The van der Waals surface area contributed by atoms with Crippen molar-refractivity contribution in [1.29, 1.82) is 0 Å². The monoisotopic (exact) mass is 243 g/mol. The summed E-state index contributed by atoms with van der Waals surface area (Å²) in [5, 5.41) is 1.04. The van der Waals surface area contributed by atoms with Crippen LogP contribution in [0.3, 0.4) is 0 Å². The average molecular weight is 243 g/mol. The third-order valence-corrected chi connectivity index (χ3v) is 3.11. The van der Waals surface area contributed by atoms with Crippen LogP contribution in [0.25, 0.3) is 10.9 Å². The molecule has 0 saturated heterocycles. The van der Waals surface area contributed by atoms with Crippen molar-refractivity contribution in [3.63, 3.8) is 0 Å². The zero-order chi connectivity index (χ0) is 13.1. The van der Waals surface area contributed by atoms with Crippen molar-refractivity contribution in [2.75, 3.05) is 23.7 Å².